The second-order valence-electron chi connectivity index (χ2n) is 4.31. The van der Waals surface area contributed by atoms with E-state index in [1.54, 1.807) is 13.8 Å². The second kappa shape index (κ2) is 6.05. The van der Waals surface area contributed by atoms with Gasteiger partial charge in [-0.3, -0.25) is 15.1 Å². The minimum atomic E-state index is -0.807. The van der Waals surface area contributed by atoms with E-state index < -0.39 is 5.60 Å². The molecule has 0 aliphatic heterocycles. The first-order valence-electron chi connectivity index (χ1n) is 5.32. The number of hydrogen-bond donors (Lipinski definition) is 3. The lowest BCUT2D eigenvalue weighted by molar-refractivity contribution is -0.127. The first kappa shape index (κ1) is 14.3. The van der Waals surface area contributed by atoms with Gasteiger partial charge in [-0.05, 0) is 26.8 Å². The van der Waals surface area contributed by atoms with E-state index in [1.807, 2.05) is 18.7 Å². The van der Waals surface area contributed by atoms with Gasteiger partial charge in [0, 0.05) is 6.54 Å². The van der Waals surface area contributed by atoms with E-state index in [2.05, 4.69) is 5.43 Å². The zero-order chi connectivity index (χ0) is 12.1. The minimum absolute atomic E-state index is 0.205. The van der Waals surface area contributed by atoms with Crippen molar-refractivity contribution in [2.75, 3.05) is 13.1 Å². The number of carbonyl (C=O) groups excluding carboxylic acids is 1. The molecular weight excluding hydrogens is 194 g/mol. The summed E-state index contributed by atoms with van der Waals surface area (Å²) in [4.78, 5) is 13.4. The molecule has 0 radical (unpaired) electrons. The third kappa shape index (κ3) is 5.11. The Morgan fingerprint density at radius 1 is 1.53 bits per heavy atom. The van der Waals surface area contributed by atoms with Gasteiger partial charge in [0.05, 0.1) is 11.6 Å². The smallest absolute Gasteiger partial charge is 0.251 e. The summed E-state index contributed by atoms with van der Waals surface area (Å²) >= 11 is 0. The van der Waals surface area contributed by atoms with Crippen LogP contribution in [-0.2, 0) is 4.79 Å². The SMILES string of the molecule is CCC(C(=O)NN)N(CC)CC(C)(C)O. The molecule has 0 fully saturated rings. The summed E-state index contributed by atoms with van der Waals surface area (Å²) in [5.41, 5.74) is 1.35. The largest absolute Gasteiger partial charge is 0.389 e. The summed E-state index contributed by atoms with van der Waals surface area (Å²) in [5.74, 6) is 4.91. The van der Waals surface area contributed by atoms with E-state index in [9.17, 15) is 9.90 Å². The molecule has 1 atom stereocenters. The topological polar surface area (TPSA) is 78.6 Å². The van der Waals surface area contributed by atoms with Gasteiger partial charge in [0.2, 0.25) is 0 Å². The van der Waals surface area contributed by atoms with Crippen LogP contribution in [0.2, 0.25) is 0 Å². The van der Waals surface area contributed by atoms with Gasteiger partial charge in [0.1, 0.15) is 0 Å². The zero-order valence-corrected chi connectivity index (χ0v) is 10.1. The molecule has 0 aromatic carbocycles. The number of nitrogens with zero attached hydrogens (tertiary/aromatic N) is 1. The van der Waals surface area contributed by atoms with E-state index in [0.717, 1.165) is 0 Å². The Bertz CT molecular complexity index is 201. The van der Waals surface area contributed by atoms with Crippen LogP contribution in [0.15, 0.2) is 0 Å². The fourth-order valence-corrected chi connectivity index (χ4v) is 1.64. The van der Waals surface area contributed by atoms with E-state index in [4.69, 9.17) is 5.84 Å². The number of nitrogens with two attached hydrogens (primary N) is 1. The summed E-state index contributed by atoms with van der Waals surface area (Å²) in [6, 6.07) is -0.272. The van der Waals surface area contributed by atoms with Crippen molar-refractivity contribution in [3.05, 3.63) is 0 Å². The van der Waals surface area contributed by atoms with Crippen LogP contribution in [0.3, 0.4) is 0 Å². The number of aliphatic hydroxyl groups is 1. The van der Waals surface area contributed by atoms with E-state index in [-0.39, 0.29) is 11.9 Å². The Morgan fingerprint density at radius 3 is 2.33 bits per heavy atom. The molecule has 90 valence electrons. The van der Waals surface area contributed by atoms with Crippen LogP contribution in [0.5, 0.6) is 0 Å². The molecule has 1 unspecified atom stereocenters. The molecule has 4 N–H and O–H groups in total. The highest BCUT2D eigenvalue weighted by Gasteiger charge is 2.26. The molecule has 0 aromatic heterocycles. The van der Waals surface area contributed by atoms with Gasteiger partial charge < -0.3 is 5.11 Å². The highest BCUT2D eigenvalue weighted by atomic mass is 16.3. The molecule has 5 nitrogen and oxygen atoms in total. The Labute approximate surface area is 91.6 Å². The van der Waals surface area contributed by atoms with Crippen molar-refractivity contribution < 1.29 is 9.90 Å². The van der Waals surface area contributed by atoms with Gasteiger partial charge >= 0.3 is 0 Å². The molecule has 0 aliphatic rings. The standard InChI is InChI=1S/C10H23N3O2/c1-5-8(9(14)12-11)13(6-2)7-10(3,4)15/h8,15H,5-7,11H2,1-4H3,(H,12,14). The number of likely N-dealkylation sites (N-methyl/N-ethyl adjacent to an activating group) is 1. The molecule has 0 spiro atoms. The highest BCUT2D eigenvalue weighted by molar-refractivity contribution is 5.81. The van der Waals surface area contributed by atoms with Crippen molar-refractivity contribution >= 4 is 5.91 Å². The number of amides is 1. The summed E-state index contributed by atoms with van der Waals surface area (Å²) < 4.78 is 0. The van der Waals surface area contributed by atoms with Crippen molar-refractivity contribution in [3.63, 3.8) is 0 Å². The van der Waals surface area contributed by atoms with Gasteiger partial charge in [0.15, 0.2) is 0 Å². The Kier molecular flexibility index (Phi) is 5.79. The van der Waals surface area contributed by atoms with Crippen molar-refractivity contribution in [1.29, 1.82) is 0 Å². The maximum Gasteiger partial charge on any atom is 0.251 e. The average molecular weight is 217 g/mol. The predicted molar refractivity (Wildman–Crippen MR) is 60.0 cm³/mol. The van der Waals surface area contributed by atoms with Gasteiger partial charge in [0.25, 0.3) is 5.91 Å². The number of nitrogens with one attached hydrogen (secondary N) is 1. The van der Waals surface area contributed by atoms with E-state index in [1.165, 1.54) is 0 Å². The minimum Gasteiger partial charge on any atom is -0.389 e. The van der Waals surface area contributed by atoms with Crippen LogP contribution in [0.4, 0.5) is 0 Å². The van der Waals surface area contributed by atoms with Crippen molar-refractivity contribution in [2.24, 2.45) is 5.84 Å². The molecule has 0 aliphatic carbocycles. The molecule has 5 heteroatoms. The summed E-state index contributed by atoms with van der Waals surface area (Å²) in [6.07, 6.45) is 0.674. The van der Waals surface area contributed by atoms with Crippen LogP contribution < -0.4 is 11.3 Å². The molecule has 0 saturated carbocycles. The second-order valence-corrected chi connectivity index (χ2v) is 4.31. The van der Waals surface area contributed by atoms with Gasteiger partial charge in [-0.15, -0.1) is 0 Å². The quantitative estimate of drug-likeness (QED) is 0.328. The van der Waals surface area contributed by atoms with Crippen molar-refractivity contribution in [2.45, 2.75) is 45.8 Å². The third-order valence-corrected chi connectivity index (χ3v) is 2.27. The first-order valence-corrected chi connectivity index (χ1v) is 5.32. The monoisotopic (exact) mass is 217 g/mol. The van der Waals surface area contributed by atoms with E-state index in [0.29, 0.717) is 19.5 Å². The van der Waals surface area contributed by atoms with Crippen LogP contribution in [0.25, 0.3) is 0 Å². The summed E-state index contributed by atoms with van der Waals surface area (Å²) in [7, 11) is 0. The van der Waals surface area contributed by atoms with Gasteiger partial charge in [-0.25, -0.2) is 5.84 Å². The van der Waals surface area contributed by atoms with Crippen LogP contribution >= 0.6 is 0 Å². The molecule has 0 rings (SSSR count). The number of hydrogen-bond acceptors (Lipinski definition) is 4. The Hall–Kier alpha value is -0.650. The molecule has 0 bridgehead atoms. The predicted octanol–water partition coefficient (Wildman–Crippen LogP) is -0.152. The van der Waals surface area contributed by atoms with Crippen LogP contribution in [0, 0.1) is 0 Å². The Morgan fingerprint density at radius 2 is 2.07 bits per heavy atom. The average Bonchev–Trinajstić information content (AvgIpc) is 2.15. The lowest BCUT2D eigenvalue weighted by Crippen LogP contribution is -2.52. The maximum absolute atomic E-state index is 11.5. The van der Waals surface area contributed by atoms with Crippen LogP contribution in [-0.4, -0.2) is 40.6 Å². The lowest BCUT2D eigenvalue weighted by atomic mass is 10.1. The van der Waals surface area contributed by atoms with E-state index >= 15 is 0 Å². The van der Waals surface area contributed by atoms with Crippen LogP contribution in [0.1, 0.15) is 34.1 Å². The van der Waals surface area contributed by atoms with Crippen molar-refractivity contribution in [1.82, 2.24) is 10.3 Å². The highest BCUT2D eigenvalue weighted by Crippen LogP contribution is 2.10. The number of carbonyl (C=O) groups is 1. The summed E-state index contributed by atoms with van der Waals surface area (Å²) in [6.45, 7) is 8.49. The molecule has 0 heterocycles. The molecule has 0 saturated heterocycles. The maximum atomic E-state index is 11.5. The first-order chi connectivity index (χ1) is 6.85. The molecule has 0 aromatic rings. The summed E-state index contributed by atoms with van der Waals surface area (Å²) in [5, 5.41) is 9.71. The van der Waals surface area contributed by atoms with Gasteiger partial charge in [-0.2, -0.15) is 0 Å². The normalized spacial score (nSPS) is 14.1. The number of rotatable bonds is 6. The number of hydrazine groups is 1. The fraction of sp³-hybridized carbons (Fsp3) is 0.900. The fourth-order valence-electron chi connectivity index (χ4n) is 1.64. The third-order valence-electron chi connectivity index (χ3n) is 2.27. The van der Waals surface area contributed by atoms with Gasteiger partial charge in [-0.1, -0.05) is 13.8 Å². The lowest BCUT2D eigenvalue weighted by Gasteiger charge is -2.33. The molecule has 15 heavy (non-hydrogen) atoms. The van der Waals surface area contributed by atoms with Crippen molar-refractivity contribution in [3.8, 4) is 0 Å². The Balaban J connectivity index is 4.54. The molecular formula is C10H23N3O2. The molecule has 1 amide bonds. The zero-order valence-electron chi connectivity index (χ0n) is 10.1.